The lowest BCUT2D eigenvalue weighted by atomic mass is 10.2. The Morgan fingerprint density at radius 1 is 1.46 bits per heavy atom. The standard InChI is InChI=1S/C10H14BrNO/c1-8(2)12(13)7-9-4-3-5-10(11)6-9/h3-6,8,13H,7H2,1-2H3. The third-order valence-corrected chi connectivity index (χ3v) is 2.32. The van der Waals surface area contributed by atoms with Gasteiger partial charge in [-0.3, -0.25) is 0 Å². The molecular weight excluding hydrogens is 230 g/mol. The van der Waals surface area contributed by atoms with Crippen molar-refractivity contribution in [1.82, 2.24) is 5.06 Å². The Bertz CT molecular complexity index is 275. The van der Waals surface area contributed by atoms with Gasteiger partial charge in [0, 0.05) is 17.1 Å². The van der Waals surface area contributed by atoms with E-state index in [2.05, 4.69) is 15.9 Å². The van der Waals surface area contributed by atoms with Crippen molar-refractivity contribution < 1.29 is 5.21 Å². The zero-order chi connectivity index (χ0) is 9.84. The number of hydrogen-bond acceptors (Lipinski definition) is 2. The van der Waals surface area contributed by atoms with Crippen LogP contribution >= 0.6 is 15.9 Å². The zero-order valence-electron chi connectivity index (χ0n) is 7.87. The minimum atomic E-state index is 0.152. The highest BCUT2D eigenvalue weighted by atomic mass is 79.9. The fourth-order valence-electron chi connectivity index (χ4n) is 1.00. The van der Waals surface area contributed by atoms with E-state index in [9.17, 15) is 5.21 Å². The molecule has 0 aliphatic carbocycles. The van der Waals surface area contributed by atoms with Gasteiger partial charge in [0.25, 0.3) is 0 Å². The minimum absolute atomic E-state index is 0.152. The van der Waals surface area contributed by atoms with Crippen LogP contribution in [0.25, 0.3) is 0 Å². The first-order chi connectivity index (χ1) is 6.09. The van der Waals surface area contributed by atoms with Gasteiger partial charge in [-0.1, -0.05) is 28.1 Å². The summed E-state index contributed by atoms with van der Waals surface area (Å²) in [7, 11) is 0. The molecule has 1 aromatic carbocycles. The lowest BCUT2D eigenvalue weighted by molar-refractivity contribution is -0.125. The topological polar surface area (TPSA) is 23.5 Å². The number of hydroxylamine groups is 2. The van der Waals surface area contributed by atoms with Gasteiger partial charge in [-0.2, -0.15) is 5.06 Å². The molecule has 0 heterocycles. The molecule has 3 heteroatoms. The van der Waals surface area contributed by atoms with Crippen LogP contribution in [0.3, 0.4) is 0 Å². The summed E-state index contributed by atoms with van der Waals surface area (Å²) in [6.07, 6.45) is 0. The van der Waals surface area contributed by atoms with E-state index >= 15 is 0 Å². The second-order valence-electron chi connectivity index (χ2n) is 3.32. The first-order valence-corrected chi connectivity index (χ1v) is 5.09. The third-order valence-electron chi connectivity index (χ3n) is 1.83. The Balaban J connectivity index is 2.64. The molecule has 1 N–H and O–H groups in total. The molecule has 0 unspecified atom stereocenters. The predicted octanol–water partition coefficient (Wildman–Crippen LogP) is 3.05. The molecule has 0 saturated carbocycles. The molecule has 0 aromatic heterocycles. The molecule has 0 atom stereocenters. The molecule has 0 aliphatic rings. The predicted molar refractivity (Wildman–Crippen MR) is 56.6 cm³/mol. The summed E-state index contributed by atoms with van der Waals surface area (Å²) < 4.78 is 1.04. The summed E-state index contributed by atoms with van der Waals surface area (Å²) in [5.74, 6) is 0. The molecule has 0 amide bonds. The average Bonchev–Trinajstić information content (AvgIpc) is 2.04. The molecule has 72 valence electrons. The second-order valence-corrected chi connectivity index (χ2v) is 4.24. The first-order valence-electron chi connectivity index (χ1n) is 4.29. The fraction of sp³-hybridized carbons (Fsp3) is 0.400. The molecule has 2 nitrogen and oxygen atoms in total. The smallest absolute Gasteiger partial charge is 0.0491 e. The van der Waals surface area contributed by atoms with E-state index in [1.165, 1.54) is 5.06 Å². The van der Waals surface area contributed by atoms with Crippen LogP contribution in [0.15, 0.2) is 28.7 Å². The Morgan fingerprint density at radius 2 is 2.15 bits per heavy atom. The van der Waals surface area contributed by atoms with Crippen LogP contribution in [0.2, 0.25) is 0 Å². The van der Waals surface area contributed by atoms with E-state index in [0.717, 1.165) is 10.0 Å². The van der Waals surface area contributed by atoms with Gasteiger partial charge in [-0.25, -0.2) is 0 Å². The van der Waals surface area contributed by atoms with Crippen molar-refractivity contribution >= 4 is 15.9 Å². The van der Waals surface area contributed by atoms with Crippen molar-refractivity contribution in [3.05, 3.63) is 34.3 Å². The van der Waals surface area contributed by atoms with E-state index in [1.54, 1.807) is 0 Å². The lowest BCUT2D eigenvalue weighted by Crippen LogP contribution is -2.26. The highest BCUT2D eigenvalue weighted by Gasteiger charge is 2.05. The normalized spacial score (nSPS) is 11.2. The van der Waals surface area contributed by atoms with Gasteiger partial charge in [0.05, 0.1) is 0 Å². The number of rotatable bonds is 3. The highest BCUT2D eigenvalue weighted by Crippen LogP contribution is 2.13. The monoisotopic (exact) mass is 243 g/mol. The first kappa shape index (κ1) is 10.7. The van der Waals surface area contributed by atoms with Gasteiger partial charge in [0.1, 0.15) is 0 Å². The summed E-state index contributed by atoms with van der Waals surface area (Å²) in [6, 6.07) is 8.09. The van der Waals surface area contributed by atoms with Gasteiger partial charge in [-0.15, -0.1) is 0 Å². The summed E-state index contributed by atoms with van der Waals surface area (Å²) >= 11 is 3.39. The Hall–Kier alpha value is -0.380. The molecule has 0 fully saturated rings. The number of hydrogen-bond donors (Lipinski definition) is 1. The maximum absolute atomic E-state index is 9.49. The van der Waals surface area contributed by atoms with Crippen molar-refractivity contribution in [1.29, 1.82) is 0 Å². The van der Waals surface area contributed by atoms with E-state index in [-0.39, 0.29) is 6.04 Å². The molecule has 0 aliphatic heterocycles. The van der Waals surface area contributed by atoms with Crippen molar-refractivity contribution in [2.24, 2.45) is 0 Å². The maximum atomic E-state index is 9.49. The Morgan fingerprint density at radius 3 is 2.69 bits per heavy atom. The molecule has 0 saturated heterocycles. The second kappa shape index (κ2) is 4.74. The average molecular weight is 244 g/mol. The molecule has 1 rings (SSSR count). The van der Waals surface area contributed by atoms with Crippen LogP contribution in [-0.2, 0) is 6.54 Å². The van der Waals surface area contributed by atoms with Crippen molar-refractivity contribution in [3.63, 3.8) is 0 Å². The highest BCUT2D eigenvalue weighted by molar-refractivity contribution is 9.10. The van der Waals surface area contributed by atoms with Crippen molar-refractivity contribution in [3.8, 4) is 0 Å². The summed E-state index contributed by atoms with van der Waals surface area (Å²) in [5, 5.41) is 10.8. The van der Waals surface area contributed by atoms with E-state index in [0.29, 0.717) is 6.54 Å². The number of halogens is 1. The van der Waals surface area contributed by atoms with Gasteiger partial charge < -0.3 is 5.21 Å². The molecule has 13 heavy (non-hydrogen) atoms. The van der Waals surface area contributed by atoms with Crippen LogP contribution < -0.4 is 0 Å². The van der Waals surface area contributed by atoms with Crippen molar-refractivity contribution in [2.75, 3.05) is 0 Å². The number of nitrogens with zero attached hydrogens (tertiary/aromatic N) is 1. The fourth-order valence-corrected chi connectivity index (χ4v) is 1.45. The maximum Gasteiger partial charge on any atom is 0.0491 e. The molecule has 0 radical (unpaired) electrons. The van der Waals surface area contributed by atoms with Gasteiger partial charge in [0.15, 0.2) is 0 Å². The van der Waals surface area contributed by atoms with Crippen LogP contribution in [0, 0.1) is 0 Å². The van der Waals surface area contributed by atoms with Gasteiger partial charge in [-0.05, 0) is 31.5 Å². The van der Waals surface area contributed by atoms with E-state index in [4.69, 9.17) is 0 Å². The molecule has 0 spiro atoms. The van der Waals surface area contributed by atoms with Crippen LogP contribution in [-0.4, -0.2) is 16.3 Å². The Kier molecular flexibility index (Phi) is 3.90. The minimum Gasteiger partial charge on any atom is -0.313 e. The van der Waals surface area contributed by atoms with Crippen LogP contribution in [0.5, 0.6) is 0 Å². The lowest BCUT2D eigenvalue weighted by Gasteiger charge is -2.18. The van der Waals surface area contributed by atoms with E-state index < -0.39 is 0 Å². The SMILES string of the molecule is CC(C)N(O)Cc1cccc(Br)c1. The third kappa shape index (κ3) is 3.46. The molecular formula is C10H14BrNO. The van der Waals surface area contributed by atoms with Gasteiger partial charge >= 0.3 is 0 Å². The van der Waals surface area contributed by atoms with Crippen LogP contribution in [0.1, 0.15) is 19.4 Å². The van der Waals surface area contributed by atoms with Crippen molar-refractivity contribution in [2.45, 2.75) is 26.4 Å². The zero-order valence-corrected chi connectivity index (χ0v) is 9.45. The largest absolute Gasteiger partial charge is 0.313 e. The van der Waals surface area contributed by atoms with E-state index in [1.807, 2.05) is 38.1 Å². The molecule has 0 bridgehead atoms. The Labute approximate surface area is 87.3 Å². The van der Waals surface area contributed by atoms with Crippen LogP contribution in [0.4, 0.5) is 0 Å². The quantitative estimate of drug-likeness (QED) is 0.826. The summed E-state index contributed by atoms with van der Waals surface area (Å²) in [6.45, 7) is 4.48. The summed E-state index contributed by atoms with van der Waals surface area (Å²) in [4.78, 5) is 0. The molecule has 1 aromatic rings. The van der Waals surface area contributed by atoms with Gasteiger partial charge in [0.2, 0.25) is 0 Å². The summed E-state index contributed by atoms with van der Waals surface area (Å²) in [5.41, 5.74) is 1.10. The number of benzene rings is 1.